The highest BCUT2D eigenvalue weighted by Crippen LogP contribution is 2.32. The number of benzene rings is 2. The fourth-order valence-electron chi connectivity index (χ4n) is 2.28. The third-order valence-electron chi connectivity index (χ3n) is 3.50. The molecule has 2 amide bonds. The Hall–Kier alpha value is -3.62. The van der Waals surface area contributed by atoms with E-state index in [9.17, 15) is 9.59 Å². The molecule has 0 fully saturated rings. The third kappa shape index (κ3) is 2.47. The van der Waals surface area contributed by atoms with E-state index in [1.165, 1.54) is 0 Å². The molecule has 1 aliphatic heterocycles. The van der Waals surface area contributed by atoms with Crippen molar-refractivity contribution in [1.82, 2.24) is 26.3 Å². The lowest BCUT2D eigenvalue weighted by Crippen LogP contribution is -2.41. The molecule has 0 bridgehead atoms. The smallest absolute Gasteiger partial charge is 0.269 e. The highest BCUT2D eigenvalue weighted by molar-refractivity contribution is 6.00. The maximum Gasteiger partial charge on any atom is 0.269 e. The van der Waals surface area contributed by atoms with Gasteiger partial charge in [0.1, 0.15) is 11.0 Å². The minimum absolute atomic E-state index is 0.127. The summed E-state index contributed by atoms with van der Waals surface area (Å²) in [6.45, 7) is 0.127. The molecule has 3 N–H and O–H groups in total. The molecule has 2 aromatic carbocycles. The lowest BCUT2D eigenvalue weighted by molar-refractivity contribution is 0.0846. The Labute approximate surface area is 134 Å². The number of amides is 2. The van der Waals surface area contributed by atoms with Gasteiger partial charge in [-0.15, -0.1) is 0 Å². The van der Waals surface area contributed by atoms with Gasteiger partial charge in [0, 0.05) is 11.1 Å². The van der Waals surface area contributed by atoms with Gasteiger partial charge in [-0.05, 0) is 36.4 Å². The topological polar surface area (TPSA) is 118 Å². The summed E-state index contributed by atoms with van der Waals surface area (Å²) in [5, 5.41) is 10.3. The first-order valence-corrected chi connectivity index (χ1v) is 7.01. The van der Waals surface area contributed by atoms with Gasteiger partial charge in [0.25, 0.3) is 11.8 Å². The summed E-state index contributed by atoms with van der Waals surface area (Å²) >= 11 is 0. The number of fused-ring (bicyclic) bond motifs is 2. The second kappa shape index (κ2) is 5.54. The number of hydrazine groups is 1. The molecule has 120 valence electrons. The molecule has 3 aromatic rings. The fourth-order valence-corrected chi connectivity index (χ4v) is 2.28. The number of nitrogens with zero attached hydrogens (tertiary/aromatic N) is 2. The Bertz CT molecular complexity index is 952. The standard InChI is InChI=1S/C15H11N5O4/c21-14(8-1-3-10-11(5-8)17-20-16-10)18-19-15(22)9-2-4-12-13(6-9)24-7-23-12/h1-6H,7H2,(H,18,21)(H,19,22)(H,16,17,20). The van der Waals surface area contributed by atoms with Crippen molar-refractivity contribution in [2.24, 2.45) is 0 Å². The lowest BCUT2D eigenvalue weighted by atomic mass is 10.2. The number of hydrogen-bond acceptors (Lipinski definition) is 6. The largest absolute Gasteiger partial charge is 0.454 e. The van der Waals surface area contributed by atoms with E-state index in [2.05, 4.69) is 26.3 Å². The first kappa shape index (κ1) is 14.0. The van der Waals surface area contributed by atoms with Crippen molar-refractivity contribution in [1.29, 1.82) is 0 Å². The predicted molar refractivity (Wildman–Crippen MR) is 81.4 cm³/mol. The van der Waals surface area contributed by atoms with E-state index in [0.717, 1.165) is 0 Å². The van der Waals surface area contributed by atoms with Crippen LogP contribution in [0.25, 0.3) is 11.0 Å². The molecular weight excluding hydrogens is 314 g/mol. The minimum atomic E-state index is -0.468. The Balaban J connectivity index is 1.43. The minimum Gasteiger partial charge on any atom is -0.454 e. The second-order valence-corrected chi connectivity index (χ2v) is 5.00. The monoisotopic (exact) mass is 325 g/mol. The van der Waals surface area contributed by atoms with E-state index < -0.39 is 11.8 Å². The maximum absolute atomic E-state index is 12.1. The number of nitrogens with one attached hydrogen (secondary N) is 3. The van der Waals surface area contributed by atoms with Crippen molar-refractivity contribution in [3.63, 3.8) is 0 Å². The number of rotatable bonds is 2. The quantitative estimate of drug-likeness (QED) is 0.599. The number of H-pyrrole nitrogens is 1. The molecule has 0 atom stereocenters. The molecule has 0 aliphatic carbocycles. The Morgan fingerprint density at radius 2 is 1.54 bits per heavy atom. The normalized spacial score (nSPS) is 12.2. The number of ether oxygens (including phenoxy) is 2. The summed E-state index contributed by atoms with van der Waals surface area (Å²) in [6.07, 6.45) is 0. The van der Waals surface area contributed by atoms with E-state index in [1.807, 2.05) is 0 Å². The van der Waals surface area contributed by atoms with Crippen LogP contribution < -0.4 is 20.3 Å². The van der Waals surface area contributed by atoms with Gasteiger partial charge in [0.05, 0.1) is 0 Å². The highest BCUT2D eigenvalue weighted by Gasteiger charge is 2.17. The number of carbonyl (C=O) groups is 2. The van der Waals surface area contributed by atoms with Crippen LogP contribution in [-0.4, -0.2) is 34.0 Å². The van der Waals surface area contributed by atoms with Gasteiger partial charge in [-0.3, -0.25) is 20.4 Å². The summed E-state index contributed by atoms with van der Waals surface area (Å²) in [5.41, 5.74) is 6.60. The van der Waals surface area contributed by atoms with Crippen molar-refractivity contribution in [3.05, 3.63) is 47.5 Å². The first-order valence-electron chi connectivity index (χ1n) is 7.01. The summed E-state index contributed by atoms with van der Waals surface area (Å²) < 4.78 is 10.4. The molecule has 0 saturated heterocycles. The third-order valence-corrected chi connectivity index (χ3v) is 3.50. The van der Waals surface area contributed by atoms with Crippen LogP contribution in [0.3, 0.4) is 0 Å². The zero-order valence-electron chi connectivity index (χ0n) is 12.2. The first-order chi connectivity index (χ1) is 11.7. The molecule has 1 aliphatic rings. The van der Waals surface area contributed by atoms with E-state index in [-0.39, 0.29) is 6.79 Å². The van der Waals surface area contributed by atoms with E-state index in [0.29, 0.717) is 33.7 Å². The Morgan fingerprint density at radius 1 is 0.875 bits per heavy atom. The van der Waals surface area contributed by atoms with Gasteiger partial charge in [0.15, 0.2) is 11.5 Å². The number of aromatic nitrogens is 3. The van der Waals surface area contributed by atoms with Gasteiger partial charge in [-0.2, -0.15) is 15.4 Å². The average molecular weight is 325 g/mol. The number of hydrogen-bond donors (Lipinski definition) is 3. The summed E-state index contributed by atoms with van der Waals surface area (Å²) in [6, 6.07) is 9.58. The zero-order valence-corrected chi connectivity index (χ0v) is 12.2. The van der Waals surface area contributed by atoms with Gasteiger partial charge < -0.3 is 9.47 Å². The van der Waals surface area contributed by atoms with E-state index in [4.69, 9.17) is 9.47 Å². The van der Waals surface area contributed by atoms with E-state index >= 15 is 0 Å². The molecule has 1 aromatic heterocycles. The van der Waals surface area contributed by atoms with Crippen LogP contribution >= 0.6 is 0 Å². The van der Waals surface area contributed by atoms with Crippen LogP contribution in [0.2, 0.25) is 0 Å². The number of carbonyl (C=O) groups excluding carboxylic acids is 2. The van der Waals surface area contributed by atoms with Gasteiger partial charge in [0.2, 0.25) is 6.79 Å². The highest BCUT2D eigenvalue weighted by atomic mass is 16.7. The van der Waals surface area contributed by atoms with Crippen molar-refractivity contribution in [3.8, 4) is 11.5 Å². The van der Waals surface area contributed by atoms with E-state index in [1.54, 1.807) is 36.4 Å². The van der Waals surface area contributed by atoms with Crippen LogP contribution in [0.15, 0.2) is 36.4 Å². The maximum atomic E-state index is 12.1. The lowest BCUT2D eigenvalue weighted by Gasteiger charge is -2.08. The van der Waals surface area contributed by atoms with Gasteiger partial charge in [-0.25, -0.2) is 0 Å². The molecule has 0 radical (unpaired) electrons. The Morgan fingerprint density at radius 3 is 2.38 bits per heavy atom. The van der Waals surface area contributed by atoms with Crippen LogP contribution in [0.4, 0.5) is 0 Å². The Kier molecular flexibility index (Phi) is 3.23. The summed E-state index contributed by atoms with van der Waals surface area (Å²) in [7, 11) is 0. The summed E-state index contributed by atoms with van der Waals surface area (Å²) in [5.74, 6) is 0.139. The molecule has 4 rings (SSSR count). The molecule has 9 nitrogen and oxygen atoms in total. The molecule has 0 spiro atoms. The fraction of sp³-hybridized carbons (Fsp3) is 0.0667. The molecule has 0 unspecified atom stereocenters. The second-order valence-electron chi connectivity index (χ2n) is 5.00. The average Bonchev–Trinajstić information content (AvgIpc) is 3.26. The molecule has 2 heterocycles. The van der Waals surface area contributed by atoms with Gasteiger partial charge >= 0.3 is 0 Å². The molecule has 0 saturated carbocycles. The summed E-state index contributed by atoms with van der Waals surface area (Å²) in [4.78, 5) is 24.2. The van der Waals surface area contributed by atoms with Crippen LogP contribution in [0.5, 0.6) is 11.5 Å². The zero-order chi connectivity index (χ0) is 16.5. The molecule has 9 heteroatoms. The van der Waals surface area contributed by atoms with Crippen molar-refractivity contribution < 1.29 is 19.1 Å². The van der Waals surface area contributed by atoms with Crippen LogP contribution in [0, 0.1) is 0 Å². The van der Waals surface area contributed by atoms with Gasteiger partial charge in [-0.1, -0.05) is 0 Å². The molecule has 24 heavy (non-hydrogen) atoms. The molecular formula is C15H11N5O4. The predicted octanol–water partition coefficient (Wildman–Crippen LogP) is 0.761. The SMILES string of the molecule is O=C(NNC(=O)c1ccc2n[nH]nc2c1)c1ccc2c(c1)OCO2. The van der Waals surface area contributed by atoms with Crippen molar-refractivity contribution >= 4 is 22.8 Å². The van der Waals surface area contributed by atoms with Crippen LogP contribution in [0.1, 0.15) is 20.7 Å². The number of aromatic amines is 1. The van der Waals surface area contributed by atoms with Crippen molar-refractivity contribution in [2.75, 3.05) is 6.79 Å². The van der Waals surface area contributed by atoms with Crippen LogP contribution in [-0.2, 0) is 0 Å². The van der Waals surface area contributed by atoms with Crippen molar-refractivity contribution in [2.45, 2.75) is 0 Å².